The Morgan fingerprint density at radius 3 is 2.75 bits per heavy atom. The van der Waals surface area contributed by atoms with Gasteiger partial charge in [0.05, 0.1) is 0 Å². The Bertz CT molecular complexity index is 70.8. The van der Waals surface area contributed by atoms with Crippen molar-refractivity contribution in [2.24, 2.45) is 11.0 Å². The van der Waals surface area contributed by atoms with E-state index in [1.165, 1.54) is 0 Å². The molecular formula is C5H12N2O. The predicted octanol–water partition coefficient (Wildman–Crippen LogP) is 0.997. The number of nitrogens with one attached hydrogen (secondary N) is 1. The van der Waals surface area contributed by atoms with Crippen molar-refractivity contribution < 1.29 is 5.21 Å². The van der Waals surface area contributed by atoms with Crippen molar-refractivity contribution in [2.75, 3.05) is 0 Å². The zero-order chi connectivity index (χ0) is 6.41. The summed E-state index contributed by atoms with van der Waals surface area (Å²) < 4.78 is 0. The molecule has 0 bridgehead atoms. The first-order valence-corrected chi connectivity index (χ1v) is 2.68. The minimum absolute atomic E-state index is 0.604. The van der Waals surface area contributed by atoms with E-state index in [0.29, 0.717) is 5.92 Å². The van der Waals surface area contributed by atoms with E-state index >= 15 is 0 Å². The van der Waals surface area contributed by atoms with Crippen LogP contribution in [0, 0.1) is 5.92 Å². The molecule has 48 valence electrons. The van der Waals surface area contributed by atoms with Crippen molar-refractivity contribution in [1.82, 2.24) is 5.59 Å². The lowest BCUT2D eigenvalue weighted by Crippen LogP contribution is -1.96. The standard InChI is InChI=1S/C5H12N2O/c1-5(2)3-4-6-7-8/h4-5,7-8H,3H2,1-2H3/b6-4+. The molecule has 0 aromatic rings. The number of nitrogens with zero attached hydrogens (tertiary/aromatic N) is 1. The van der Waals surface area contributed by atoms with Crippen LogP contribution in [-0.2, 0) is 0 Å². The van der Waals surface area contributed by atoms with E-state index in [-0.39, 0.29) is 0 Å². The van der Waals surface area contributed by atoms with E-state index in [4.69, 9.17) is 5.21 Å². The molecule has 0 spiro atoms. The van der Waals surface area contributed by atoms with Gasteiger partial charge >= 0.3 is 0 Å². The molecule has 0 heterocycles. The molecular weight excluding hydrogens is 104 g/mol. The lowest BCUT2D eigenvalue weighted by molar-refractivity contribution is 0.172. The highest BCUT2D eigenvalue weighted by Crippen LogP contribution is 1.93. The van der Waals surface area contributed by atoms with E-state index in [1.54, 1.807) is 11.8 Å². The number of hydrogen-bond donors (Lipinski definition) is 2. The lowest BCUT2D eigenvalue weighted by Gasteiger charge is -1.93. The molecule has 0 aromatic heterocycles. The van der Waals surface area contributed by atoms with Gasteiger partial charge < -0.3 is 0 Å². The molecule has 0 saturated heterocycles. The van der Waals surface area contributed by atoms with Crippen LogP contribution in [0.4, 0.5) is 0 Å². The third kappa shape index (κ3) is 5.43. The number of rotatable bonds is 3. The second-order valence-corrected chi connectivity index (χ2v) is 2.04. The van der Waals surface area contributed by atoms with Crippen LogP contribution in [0.3, 0.4) is 0 Å². The van der Waals surface area contributed by atoms with E-state index in [2.05, 4.69) is 18.9 Å². The molecule has 0 amide bonds. The van der Waals surface area contributed by atoms with Crippen LogP contribution in [0.5, 0.6) is 0 Å². The summed E-state index contributed by atoms with van der Waals surface area (Å²) >= 11 is 0. The van der Waals surface area contributed by atoms with Crippen molar-refractivity contribution in [3.63, 3.8) is 0 Å². The molecule has 0 fully saturated rings. The summed E-state index contributed by atoms with van der Waals surface area (Å²) in [6.07, 6.45) is 2.54. The molecule has 0 radical (unpaired) electrons. The SMILES string of the molecule is CC(C)C/C=N/NO. The van der Waals surface area contributed by atoms with E-state index in [0.717, 1.165) is 6.42 Å². The Morgan fingerprint density at radius 2 is 2.38 bits per heavy atom. The largest absolute Gasteiger partial charge is 0.274 e. The predicted molar refractivity (Wildman–Crippen MR) is 32.9 cm³/mol. The zero-order valence-electron chi connectivity index (χ0n) is 5.26. The highest BCUT2D eigenvalue weighted by molar-refractivity contribution is 5.56. The Labute approximate surface area is 49.4 Å². The van der Waals surface area contributed by atoms with E-state index in [1.807, 2.05) is 0 Å². The molecule has 0 aliphatic carbocycles. The fourth-order valence-corrected chi connectivity index (χ4v) is 0.304. The van der Waals surface area contributed by atoms with Crippen molar-refractivity contribution in [3.8, 4) is 0 Å². The summed E-state index contributed by atoms with van der Waals surface area (Å²) in [6.45, 7) is 4.17. The van der Waals surface area contributed by atoms with Crippen LogP contribution in [0.1, 0.15) is 20.3 Å². The maximum absolute atomic E-state index is 7.93. The molecule has 0 atom stereocenters. The van der Waals surface area contributed by atoms with Crippen molar-refractivity contribution >= 4 is 6.21 Å². The fraction of sp³-hybridized carbons (Fsp3) is 0.800. The molecule has 0 aliphatic rings. The first-order chi connectivity index (χ1) is 3.77. The van der Waals surface area contributed by atoms with Crippen LogP contribution in [-0.4, -0.2) is 11.4 Å². The van der Waals surface area contributed by atoms with Gasteiger partial charge in [0.1, 0.15) is 0 Å². The maximum atomic E-state index is 7.93. The molecule has 0 aromatic carbocycles. The zero-order valence-corrected chi connectivity index (χ0v) is 5.26. The summed E-state index contributed by atoms with van der Waals surface area (Å²) in [5.74, 6) is 0.604. The van der Waals surface area contributed by atoms with Gasteiger partial charge in [0, 0.05) is 6.21 Å². The summed E-state index contributed by atoms with van der Waals surface area (Å²) in [5, 5.41) is 11.3. The summed E-state index contributed by atoms with van der Waals surface area (Å²) in [4.78, 5) is 0. The quantitative estimate of drug-likeness (QED) is 0.426. The van der Waals surface area contributed by atoms with Crippen molar-refractivity contribution in [1.29, 1.82) is 0 Å². The Morgan fingerprint density at radius 1 is 1.75 bits per heavy atom. The molecule has 3 heteroatoms. The maximum Gasteiger partial charge on any atom is 0.0270 e. The van der Waals surface area contributed by atoms with Crippen LogP contribution in [0.15, 0.2) is 5.10 Å². The fourth-order valence-electron chi connectivity index (χ4n) is 0.304. The van der Waals surface area contributed by atoms with Gasteiger partial charge in [-0.3, -0.25) is 5.21 Å². The Hall–Kier alpha value is -0.570. The van der Waals surface area contributed by atoms with Crippen LogP contribution >= 0.6 is 0 Å². The van der Waals surface area contributed by atoms with Gasteiger partial charge in [-0.1, -0.05) is 13.8 Å². The molecule has 0 rings (SSSR count). The number of hydrogen-bond acceptors (Lipinski definition) is 3. The first kappa shape index (κ1) is 7.43. The van der Waals surface area contributed by atoms with Gasteiger partial charge in [-0.05, 0) is 12.3 Å². The summed E-state index contributed by atoms with van der Waals surface area (Å²) in [5.41, 5.74) is 1.69. The van der Waals surface area contributed by atoms with Gasteiger partial charge in [-0.2, -0.15) is 10.7 Å². The van der Waals surface area contributed by atoms with Gasteiger partial charge in [-0.15, -0.1) is 0 Å². The van der Waals surface area contributed by atoms with E-state index in [9.17, 15) is 0 Å². The lowest BCUT2D eigenvalue weighted by atomic mass is 10.2. The second-order valence-electron chi connectivity index (χ2n) is 2.04. The Balaban J connectivity index is 3.03. The summed E-state index contributed by atoms with van der Waals surface area (Å²) in [7, 11) is 0. The molecule has 0 aliphatic heterocycles. The van der Waals surface area contributed by atoms with Gasteiger partial charge in [0.2, 0.25) is 0 Å². The third-order valence-electron chi connectivity index (χ3n) is 0.726. The molecule has 3 nitrogen and oxygen atoms in total. The Kier molecular flexibility index (Phi) is 4.26. The van der Waals surface area contributed by atoms with Gasteiger partial charge in [0.25, 0.3) is 0 Å². The minimum Gasteiger partial charge on any atom is -0.274 e. The van der Waals surface area contributed by atoms with Gasteiger partial charge in [0.15, 0.2) is 0 Å². The minimum atomic E-state index is 0.604. The first-order valence-electron chi connectivity index (χ1n) is 2.68. The van der Waals surface area contributed by atoms with Crippen LogP contribution in [0.2, 0.25) is 0 Å². The average molecular weight is 116 g/mol. The monoisotopic (exact) mass is 116 g/mol. The highest BCUT2D eigenvalue weighted by atomic mass is 16.5. The normalized spacial score (nSPS) is 11.0. The molecule has 0 unspecified atom stereocenters. The molecule has 8 heavy (non-hydrogen) atoms. The van der Waals surface area contributed by atoms with Crippen molar-refractivity contribution in [2.45, 2.75) is 20.3 Å². The molecule has 0 saturated carbocycles. The summed E-state index contributed by atoms with van der Waals surface area (Å²) in [6, 6.07) is 0. The van der Waals surface area contributed by atoms with Crippen molar-refractivity contribution in [3.05, 3.63) is 0 Å². The highest BCUT2D eigenvalue weighted by Gasteiger charge is 1.85. The van der Waals surface area contributed by atoms with E-state index < -0.39 is 0 Å². The number of hydrazone groups is 1. The second kappa shape index (κ2) is 4.59. The third-order valence-corrected chi connectivity index (χ3v) is 0.726. The van der Waals surface area contributed by atoms with Gasteiger partial charge in [-0.25, -0.2) is 0 Å². The average Bonchev–Trinajstić information content (AvgIpc) is 1.66. The topological polar surface area (TPSA) is 44.6 Å². The van der Waals surface area contributed by atoms with Crippen LogP contribution < -0.4 is 5.59 Å². The van der Waals surface area contributed by atoms with Crippen LogP contribution in [0.25, 0.3) is 0 Å². The molecule has 2 N–H and O–H groups in total. The smallest absolute Gasteiger partial charge is 0.0270 e.